The SMILES string of the molecule is FC(F)(F)c1cccc(Nc2ncnc(NCc3ccco3)n2)c1. The number of nitrogens with one attached hydrogen (secondary N) is 2. The molecule has 0 aliphatic heterocycles. The van der Waals surface area contributed by atoms with Gasteiger partial charge >= 0.3 is 6.18 Å². The fourth-order valence-electron chi connectivity index (χ4n) is 1.92. The molecule has 0 saturated heterocycles. The molecule has 0 atom stereocenters. The summed E-state index contributed by atoms with van der Waals surface area (Å²) in [6.07, 6.45) is -1.61. The van der Waals surface area contributed by atoms with E-state index in [2.05, 4.69) is 25.6 Å². The van der Waals surface area contributed by atoms with Gasteiger partial charge in [0, 0.05) is 5.69 Å². The molecule has 0 fully saturated rings. The predicted octanol–water partition coefficient (Wildman–Crippen LogP) is 3.84. The summed E-state index contributed by atoms with van der Waals surface area (Å²) in [4.78, 5) is 11.9. The summed E-state index contributed by atoms with van der Waals surface area (Å²) in [5.41, 5.74) is -0.522. The van der Waals surface area contributed by atoms with Crippen LogP contribution in [0.3, 0.4) is 0 Å². The van der Waals surface area contributed by atoms with Crippen LogP contribution < -0.4 is 10.6 Å². The summed E-state index contributed by atoms with van der Waals surface area (Å²) >= 11 is 0. The normalized spacial score (nSPS) is 11.3. The van der Waals surface area contributed by atoms with Gasteiger partial charge in [-0.1, -0.05) is 6.07 Å². The number of aromatic nitrogens is 3. The number of nitrogens with zero attached hydrogens (tertiary/aromatic N) is 3. The van der Waals surface area contributed by atoms with Gasteiger partial charge in [0.15, 0.2) is 0 Å². The fourth-order valence-corrected chi connectivity index (χ4v) is 1.92. The highest BCUT2D eigenvalue weighted by atomic mass is 19.4. The van der Waals surface area contributed by atoms with Crippen molar-refractivity contribution >= 4 is 17.6 Å². The average molecular weight is 335 g/mol. The number of furan rings is 1. The van der Waals surface area contributed by atoms with Gasteiger partial charge < -0.3 is 15.1 Å². The van der Waals surface area contributed by atoms with Gasteiger partial charge in [0.05, 0.1) is 18.4 Å². The Morgan fingerprint density at radius 1 is 1.04 bits per heavy atom. The van der Waals surface area contributed by atoms with Crippen molar-refractivity contribution in [2.75, 3.05) is 10.6 Å². The molecule has 0 saturated carbocycles. The van der Waals surface area contributed by atoms with Crippen LogP contribution in [0.25, 0.3) is 0 Å². The molecule has 2 N–H and O–H groups in total. The van der Waals surface area contributed by atoms with Crippen molar-refractivity contribution in [2.24, 2.45) is 0 Å². The molecule has 124 valence electrons. The lowest BCUT2D eigenvalue weighted by Crippen LogP contribution is -2.07. The van der Waals surface area contributed by atoms with Gasteiger partial charge in [-0.3, -0.25) is 0 Å². The zero-order valence-corrected chi connectivity index (χ0v) is 12.2. The van der Waals surface area contributed by atoms with E-state index in [4.69, 9.17) is 4.42 Å². The second-order valence-corrected chi connectivity index (χ2v) is 4.77. The van der Waals surface area contributed by atoms with Crippen molar-refractivity contribution in [3.63, 3.8) is 0 Å². The average Bonchev–Trinajstić information content (AvgIpc) is 3.06. The van der Waals surface area contributed by atoms with Crippen LogP contribution in [0.15, 0.2) is 53.4 Å². The number of halogens is 3. The van der Waals surface area contributed by atoms with Crippen LogP contribution in [-0.2, 0) is 12.7 Å². The van der Waals surface area contributed by atoms with E-state index in [1.807, 2.05) is 0 Å². The molecule has 2 aromatic heterocycles. The first-order valence-corrected chi connectivity index (χ1v) is 6.90. The maximum atomic E-state index is 12.7. The van der Waals surface area contributed by atoms with Crippen molar-refractivity contribution in [1.29, 1.82) is 0 Å². The first-order valence-electron chi connectivity index (χ1n) is 6.90. The van der Waals surface area contributed by atoms with Crippen LogP contribution in [0.2, 0.25) is 0 Å². The summed E-state index contributed by atoms with van der Waals surface area (Å²) in [5.74, 6) is 1.10. The summed E-state index contributed by atoms with van der Waals surface area (Å²) < 4.78 is 43.3. The molecule has 0 amide bonds. The standard InChI is InChI=1S/C15H12F3N5O/c16-15(17,18)10-3-1-4-11(7-10)22-14-21-9-20-13(23-14)19-8-12-5-2-6-24-12/h1-7,9H,8H2,(H2,19,20,21,22,23). The maximum absolute atomic E-state index is 12.7. The van der Waals surface area contributed by atoms with E-state index in [9.17, 15) is 13.2 Å². The van der Waals surface area contributed by atoms with Gasteiger partial charge in [-0.05, 0) is 30.3 Å². The van der Waals surface area contributed by atoms with Crippen molar-refractivity contribution in [1.82, 2.24) is 15.0 Å². The van der Waals surface area contributed by atoms with E-state index in [1.165, 1.54) is 18.5 Å². The van der Waals surface area contributed by atoms with E-state index in [0.29, 0.717) is 12.3 Å². The van der Waals surface area contributed by atoms with Crippen LogP contribution in [-0.4, -0.2) is 15.0 Å². The van der Waals surface area contributed by atoms with Gasteiger partial charge in [-0.25, -0.2) is 9.97 Å². The second-order valence-electron chi connectivity index (χ2n) is 4.77. The van der Waals surface area contributed by atoms with Crippen LogP contribution in [0.4, 0.5) is 30.8 Å². The Morgan fingerprint density at radius 3 is 2.62 bits per heavy atom. The third-order valence-electron chi connectivity index (χ3n) is 3.02. The van der Waals surface area contributed by atoms with E-state index < -0.39 is 11.7 Å². The van der Waals surface area contributed by atoms with Crippen LogP contribution >= 0.6 is 0 Å². The number of hydrogen-bond donors (Lipinski definition) is 2. The Morgan fingerprint density at radius 2 is 1.88 bits per heavy atom. The molecular weight excluding hydrogens is 323 g/mol. The lowest BCUT2D eigenvalue weighted by atomic mass is 10.2. The Kier molecular flexibility index (Phi) is 4.32. The lowest BCUT2D eigenvalue weighted by molar-refractivity contribution is -0.137. The molecule has 9 heteroatoms. The number of alkyl halides is 3. The molecule has 3 aromatic rings. The highest BCUT2D eigenvalue weighted by molar-refractivity contribution is 5.55. The molecule has 0 radical (unpaired) electrons. The van der Waals surface area contributed by atoms with E-state index in [-0.39, 0.29) is 17.6 Å². The molecule has 0 bridgehead atoms. The molecule has 24 heavy (non-hydrogen) atoms. The van der Waals surface area contributed by atoms with Crippen LogP contribution in [0, 0.1) is 0 Å². The zero-order chi connectivity index (χ0) is 17.0. The van der Waals surface area contributed by atoms with Crippen molar-refractivity contribution in [2.45, 2.75) is 12.7 Å². The minimum Gasteiger partial charge on any atom is -0.467 e. The Hall–Kier alpha value is -3.10. The summed E-state index contributed by atoms with van der Waals surface area (Å²) in [6.45, 7) is 0.375. The fraction of sp³-hybridized carbons (Fsp3) is 0.133. The molecule has 6 nitrogen and oxygen atoms in total. The smallest absolute Gasteiger partial charge is 0.416 e. The largest absolute Gasteiger partial charge is 0.467 e. The molecule has 1 aromatic carbocycles. The highest BCUT2D eigenvalue weighted by Crippen LogP contribution is 2.31. The molecule has 0 unspecified atom stereocenters. The summed E-state index contributed by atoms with van der Waals surface area (Å²) in [5, 5.41) is 5.66. The van der Waals surface area contributed by atoms with E-state index in [0.717, 1.165) is 12.1 Å². The quantitative estimate of drug-likeness (QED) is 0.738. The molecule has 0 spiro atoms. The van der Waals surface area contributed by atoms with Crippen molar-refractivity contribution in [3.05, 3.63) is 60.3 Å². The molecule has 0 aliphatic carbocycles. The number of hydrogen-bond acceptors (Lipinski definition) is 6. The van der Waals surface area contributed by atoms with Gasteiger partial charge in [0.2, 0.25) is 11.9 Å². The minimum absolute atomic E-state index is 0.131. The molecule has 0 aliphatic rings. The Balaban J connectivity index is 1.70. The van der Waals surface area contributed by atoms with Gasteiger partial charge in [-0.2, -0.15) is 18.2 Å². The molecule has 3 rings (SSSR count). The third kappa shape index (κ3) is 4.00. The third-order valence-corrected chi connectivity index (χ3v) is 3.02. The van der Waals surface area contributed by atoms with Gasteiger partial charge in [0.25, 0.3) is 0 Å². The number of anilines is 3. The number of benzene rings is 1. The zero-order valence-electron chi connectivity index (χ0n) is 12.2. The van der Waals surface area contributed by atoms with Gasteiger partial charge in [0.1, 0.15) is 12.1 Å². The number of rotatable bonds is 5. The van der Waals surface area contributed by atoms with Crippen molar-refractivity contribution < 1.29 is 17.6 Å². The monoisotopic (exact) mass is 335 g/mol. The Labute approximate surface area is 134 Å². The molecular formula is C15H12F3N5O. The topological polar surface area (TPSA) is 75.9 Å². The Bertz CT molecular complexity index is 805. The van der Waals surface area contributed by atoms with Crippen LogP contribution in [0.1, 0.15) is 11.3 Å². The van der Waals surface area contributed by atoms with E-state index >= 15 is 0 Å². The minimum atomic E-state index is -4.41. The first kappa shape index (κ1) is 15.8. The maximum Gasteiger partial charge on any atom is 0.416 e. The summed E-state index contributed by atoms with van der Waals surface area (Å²) in [6, 6.07) is 8.33. The van der Waals surface area contributed by atoms with Gasteiger partial charge in [-0.15, -0.1) is 0 Å². The molecule has 2 heterocycles. The highest BCUT2D eigenvalue weighted by Gasteiger charge is 2.30. The van der Waals surface area contributed by atoms with Crippen LogP contribution in [0.5, 0.6) is 0 Å². The summed E-state index contributed by atoms with van der Waals surface area (Å²) in [7, 11) is 0. The lowest BCUT2D eigenvalue weighted by Gasteiger charge is -2.10. The van der Waals surface area contributed by atoms with E-state index in [1.54, 1.807) is 18.4 Å². The predicted molar refractivity (Wildman–Crippen MR) is 80.6 cm³/mol. The van der Waals surface area contributed by atoms with Crippen molar-refractivity contribution in [3.8, 4) is 0 Å². The first-order chi connectivity index (χ1) is 11.5. The second kappa shape index (κ2) is 6.57.